The Bertz CT molecular complexity index is 1060. The fourth-order valence-corrected chi connectivity index (χ4v) is 4.94. The van der Waals surface area contributed by atoms with E-state index in [-0.39, 0.29) is 5.97 Å². The zero-order valence-corrected chi connectivity index (χ0v) is 17.5. The number of nitrogens with one attached hydrogen (secondary N) is 1. The van der Waals surface area contributed by atoms with Crippen LogP contribution in [0.25, 0.3) is 10.9 Å². The zero-order chi connectivity index (χ0) is 20.4. The molecule has 0 saturated carbocycles. The Labute approximate surface area is 173 Å². The number of rotatable bonds is 6. The lowest BCUT2D eigenvalue weighted by molar-refractivity contribution is 0.0526. The third-order valence-electron chi connectivity index (χ3n) is 5.02. The van der Waals surface area contributed by atoms with Crippen LogP contribution in [0.15, 0.2) is 18.5 Å². The number of hydrogen-bond donors (Lipinski definition) is 1. The molecule has 1 aromatic carbocycles. The first kappa shape index (κ1) is 19.4. The molecule has 0 aliphatic heterocycles. The van der Waals surface area contributed by atoms with E-state index in [1.165, 1.54) is 11.2 Å². The first-order valence-corrected chi connectivity index (χ1v) is 10.4. The summed E-state index contributed by atoms with van der Waals surface area (Å²) in [5.74, 6) is 1.52. The number of hydrogen-bond acceptors (Lipinski definition) is 8. The van der Waals surface area contributed by atoms with Crippen molar-refractivity contribution in [1.29, 1.82) is 0 Å². The summed E-state index contributed by atoms with van der Waals surface area (Å²) in [5.41, 5.74) is 2.47. The highest BCUT2D eigenvalue weighted by Crippen LogP contribution is 2.41. The molecule has 0 spiro atoms. The number of carbonyl (C=O) groups excluding carboxylic acids is 1. The van der Waals surface area contributed by atoms with Crippen LogP contribution in [0.2, 0.25) is 0 Å². The quantitative estimate of drug-likeness (QED) is 0.596. The molecule has 4 rings (SSSR count). The van der Waals surface area contributed by atoms with Gasteiger partial charge < -0.3 is 19.5 Å². The van der Waals surface area contributed by atoms with Crippen LogP contribution in [0, 0.1) is 0 Å². The molecular formula is C21H23N3O4S. The lowest BCUT2D eigenvalue weighted by Crippen LogP contribution is -2.11. The second-order valence-electron chi connectivity index (χ2n) is 6.71. The highest BCUT2D eigenvalue weighted by atomic mass is 32.1. The van der Waals surface area contributed by atoms with Gasteiger partial charge in [0.1, 0.15) is 17.1 Å². The predicted octanol–water partition coefficient (Wildman–Crippen LogP) is 4.51. The molecule has 8 heteroatoms. The maximum Gasteiger partial charge on any atom is 0.341 e. The Morgan fingerprint density at radius 3 is 2.66 bits per heavy atom. The number of ether oxygens (including phenoxy) is 3. The molecule has 0 fully saturated rings. The van der Waals surface area contributed by atoms with Gasteiger partial charge in [-0.25, -0.2) is 14.8 Å². The largest absolute Gasteiger partial charge is 0.493 e. The highest BCUT2D eigenvalue weighted by molar-refractivity contribution is 7.16. The first-order chi connectivity index (χ1) is 14.2. The van der Waals surface area contributed by atoms with Gasteiger partial charge in [-0.2, -0.15) is 0 Å². The van der Waals surface area contributed by atoms with Crippen molar-refractivity contribution >= 4 is 39.0 Å². The van der Waals surface area contributed by atoms with Crippen LogP contribution in [-0.4, -0.2) is 36.8 Å². The molecule has 0 bridgehead atoms. The second-order valence-corrected chi connectivity index (χ2v) is 7.81. The summed E-state index contributed by atoms with van der Waals surface area (Å²) in [6.45, 7) is 2.16. The molecule has 7 nitrogen and oxygen atoms in total. The molecule has 152 valence electrons. The average molecular weight is 413 g/mol. The van der Waals surface area contributed by atoms with E-state index in [2.05, 4.69) is 15.3 Å². The van der Waals surface area contributed by atoms with E-state index >= 15 is 0 Å². The van der Waals surface area contributed by atoms with Gasteiger partial charge in [-0.1, -0.05) is 0 Å². The molecule has 1 N–H and O–H groups in total. The molecule has 0 radical (unpaired) electrons. The molecule has 0 atom stereocenters. The lowest BCUT2D eigenvalue weighted by Gasteiger charge is -2.13. The maximum absolute atomic E-state index is 12.7. The van der Waals surface area contributed by atoms with Crippen molar-refractivity contribution in [3.63, 3.8) is 0 Å². The highest BCUT2D eigenvalue weighted by Gasteiger charge is 2.27. The number of fused-ring (bicyclic) bond motifs is 2. The minimum absolute atomic E-state index is 0.285. The minimum atomic E-state index is -0.285. The van der Waals surface area contributed by atoms with E-state index in [0.717, 1.165) is 47.2 Å². The van der Waals surface area contributed by atoms with E-state index < -0.39 is 0 Å². The number of anilines is 2. The Morgan fingerprint density at radius 1 is 1.14 bits per heavy atom. The third kappa shape index (κ3) is 3.60. The van der Waals surface area contributed by atoms with Gasteiger partial charge in [0.25, 0.3) is 0 Å². The molecule has 1 aliphatic rings. The standard InChI is InChI=1S/C21H23N3O4S/c1-4-28-21(25)18-12-7-5-6-8-17(12)29-20(18)24-19-13-9-15(26-2)16(27-3)10-14(13)22-11-23-19/h9-11H,4-8H2,1-3H3,(H,22,23,24). The Morgan fingerprint density at radius 2 is 1.90 bits per heavy atom. The first-order valence-electron chi connectivity index (χ1n) is 9.61. The summed E-state index contributed by atoms with van der Waals surface area (Å²) >= 11 is 1.61. The van der Waals surface area contributed by atoms with Gasteiger partial charge in [0.15, 0.2) is 11.5 Å². The van der Waals surface area contributed by atoms with Crippen molar-refractivity contribution in [3.05, 3.63) is 34.5 Å². The van der Waals surface area contributed by atoms with Gasteiger partial charge in [0.05, 0.1) is 31.9 Å². The van der Waals surface area contributed by atoms with Crippen LogP contribution < -0.4 is 14.8 Å². The number of aromatic nitrogens is 2. The molecule has 29 heavy (non-hydrogen) atoms. The molecule has 2 heterocycles. The molecule has 0 saturated heterocycles. The number of carbonyl (C=O) groups is 1. The zero-order valence-electron chi connectivity index (χ0n) is 16.7. The van der Waals surface area contributed by atoms with Gasteiger partial charge in [-0.3, -0.25) is 0 Å². The smallest absolute Gasteiger partial charge is 0.341 e. The maximum atomic E-state index is 12.7. The van der Waals surface area contributed by atoms with Crippen LogP contribution >= 0.6 is 11.3 Å². The van der Waals surface area contributed by atoms with E-state index in [4.69, 9.17) is 14.2 Å². The van der Waals surface area contributed by atoms with E-state index in [0.29, 0.717) is 29.5 Å². The lowest BCUT2D eigenvalue weighted by atomic mass is 9.95. The van der Waals surface area contributed by atoms with Gasteiger partial charge >= 0.3 is 5.97 Å². The summed E-state index contributed by atoms with van der Waals surface area (Å²) in [6.07, 6.45) is 5.61. The summed E-state index contributed by atoms with van der Waals surface area (Å²) in [5, 5.41) is 4.92. The second kappa shape index (κ2) is 8.24. The molecule has 1 aliphatic carbocycles. The molecule has 0 unspecified atom stereocenters. The minimum Gasteiger partial charge on any atom is -0.493 e. The van der Waals surface area contributed by atoms with Gasteiger partial charge in [-0.15, -0.1) is 11.3 Å². The Balaban J connectivity index is 1.81. The Hall–Kier alpha value is -2.87. The molecule has 0 amide bonds. The summed E-state index contributed by atoms with van der Waals surface area (Å²) < 4.78 is 16.1. The number of benzene rings is 1. The summed E-state index contributed by atoms with van der Waals surface area (Å²) in [6, 6.07) is 3.65. The number of esters is 1. The summed E-state index contributed by atoms with van der Waals surface area (Å²) in [7, 11) is 3.18. The SMILES string of the molecule is CCOC(=O)c1c(Nc2ncnc3cc(OC)c(OC)cc23)sc2c1CCCC2. The number of aryl methyl sites for hydroxylation is 1. The predicted molar refractivity (Wildman–Crippen MR) is 113 cm³/mol. The fourth-order valence-electron chi connectivity index (χ4n) is 3.66. The van der Waals surface area contributed by atoms with E-state index in [1.54, 1.807) is 25.6 Å². The van der Waals surface area contributed by atoms with Crippen molar-refractivity contribution in [2.45, 2.75) is 32.6 Å². The van der Waals surface area contributed by atoms with Gasteiger partial charge in [0, 0.05) is 16.3 Å². The van der Waals surface area contributed by atoms with Crippen molar-refractivity contribution in [2.24, 2.45) is 0 Å². The average Bonchev–Trinajstić information content (AvgIpc) is 3.11. The molecular weight excluding hydrogens is 390 g/mol. The fraction of sp³-hybridized carbons (Fsp3) is 0.381. The normalized spacial score (nSPS) is 13.1. The number of methoxy groups -OCH3 is 2. The Kier molecular flexibility index (Phi) is 5.53. The topological polar surface area (TPSA) is 82.6 Å². The van der Waals surface area contributed by atoms with E-state index in [1.807, 2.05) is 19.1 Å². The van der Waals surface area contributed by atoms with Crippen LogP contribution in [0.3, 0.4) is 0 Å². The van der Waals surface area contributed by atoms with E-state index in [9.17, 15) is 4.79 Å². The number of nitrogens with zero attached hydrogens (tertiary/aromatic N) is 2. The van der Waals surface area contributed by atoms with Crippen LogP contribution in [-0.2, 0) is 17.6 Å². The van der Waals surface area contributed by atoms with Crippen molar-refractivity contribution < 1.29 is 19.0 Å². The van der Waals surface area contributed by atoms with Crippen molar-refractivity contribution in [3.8, 4) is 11.5 Å². The van der Waals surface area contributed by atoms with Crippen LogP contribution in [0.4, 0.5) is 10.8 Å². The van der Waals surface area contributed by atoms with Crippen LogP contribution in [0.5, 0.6) is 11.5 Å². The van der Waals surface area contributed by atoms with Gasteiger partial charge in [-0.05, 0) is 44.2 Å². The van der Waals surface area contributed by atoms with Crippen molar-refractivity contribution in [2.75, 3.05) is 26.1 Å². The monoisotopic (exact) mass is 413 g/mol. The molecule has 2 aromatic heterocycles. The third-order valence-corrected chi connectivity index (χ3v) is 6.23. The number of thiophene rings is 1. The van der Waals surface area contributed by atoms with Crippen molar-refractivity contribution in [1.82, 2.24) is 9.97 Å². The van der Waals surface area contributed by atoms with Gasteiger partial charge in [0.2, 0.25) is 0 Å². The molecule has 3 aromatic rings. The van der Waals surface area contributed by atoms with Crippen LogP contribution in [0.1, 0.15) is 40.6 Å². The summed E-state index contributed by atoms with van der Waals surface area (Å²) in [4.78, 5) is 22.7.